The molecule has 1 aromatic rings. The number of benzene rings is 1. The molecule has 1 aliphatic heterocycles. The van der Waals surface area contributed by atoms with Crippen LogP contribution >= 0.6 is 0 Å². The number of hydrogen-bond donors (Lipinski definition) is 1. The summed E-state index contributed by atoms with van der Waals surface area (Å²) < 4.78 is 5.02. The van der Waals surface area contributed by atoms with Gasteiger partial charge in [-0.05, 0) is 18.6 Å². The van der Waals surface area contributed by atoms with Crippen molar-refractivity contribution in [1.82, 2.24) is 5.06 Å². The van der Waals surface area contributed by atoms with E-state index in [1.54, 1.807) is 25.3 Å². The van der Waals surface area contributed by atoms with E-state index in [-0.39, 0.29) is 5.91 Å². The molecule has 0 aliphatic carbocycles. The van der Waals surface area contributed by atoms with Crippen molar-refractivity contribution in [3.63, 3.8) is 0 Å². The Labute approximate surface area is 93.7 Å². The molecule has 1 amide bonds. The van der Waals surface area contributed by atoms with Gasteiger partial charge in [-0.3, -0.25) is 9.63 Å². The highest BCUT2D eigenvalue weighted by Crippen LogP contribution is 2.22. The number of anilines is 1. The van der Waals surface area contributed by atoms with E-state index in [0.29, 0.717) is 30.2 Å². The van der Waals surface area contributed by atoms with Crippen molar-refractivity contribution in [3.05, 3.63) is 23.8 Å². The Bertz CT molecular complexity index is 400. The zero-order valence-corrected chi connectivity index (χ0v) is 9.10. The van der Waals surface area contributed by atoms with Gasteiger partial charge in [-0.2, -0.15) is 0 Å². The zero-order valence-electron chi connectivity index (χ0n) is 9.10. The predicted molar refractivity (Wildman–Crippen MR) is 59.0 cm³/mol. The van der Waals surface area contributed by atoms with Gasteiger partial charge in [-0.25, -0.2) is 5.06 Å². The summed E-state index contributed by atoms with van der Waals surface area (Å²) in [5.41, 5.74) is 6.63. The van der Waals surface area contributed by atoms with Crippen LogP contribution in [0.5, 0.6) is 5.75 Å². The van der Waals surface area contributed by atoms with Gasteiger partial charge in [0, 0.05) is 11.8 Å². The normalized spacial score (nSPS) is 15.2. The third-order valence-electron chi connectivity index (χ3n) is 2.47. The van der Waals surface area contributed by atoms with Gasteiger partial charge < -0.3 is 10.5 Å². The Kier molecular flexibility index (Phi) is 2.96. The first-order valence-electron chi connectivity index (χ1n) is 5.10. The first kappa shape index (κ1) is 10.8. The van der Waals surface area contributed by atoms with E-state index in [2.05, 4.69) is 0 Å². The topological polar surface area (TPSA) is 64.8 Å². The maximum atomic E-state index is 11.9. The second-order valence-corrected chi connectivity index (χ2v) is 3.55. The van der Waals surface area contributed by atoms with E-state index in [9.17, 15) is 4.79 Å². The SMILES string of the molecule is COc1ccc(C(=O)N2CCCO2)c(N)c1. The molecule has 1 heterocycles. The molecule has 2 N–H and O–H groups in total. The molecule has 0 aromatic heterocycles. The summed E-state index contributed by atoms with van der Waals surface area (Å²) in [5, 5.41) is 1.35. The summed E-state index contributed by atoms with van der Waals surface area (Å²) in [5.74, 6) is 0.439. The first-order chi connectivity index (χ1) is 7.72. The minimum atomic E-state index is -0.197. The molecular formula is C11H14N2O3. The van der Waals surface area contributed by atoms with Crippen LogP contribution in [-0.2, 0) is 4.84 Å². The van der Waals surface area contributed by atoms with Crippen LogP contribution in [0.4, 0.5) is 5.69 Å². The maximum absolute atomic E-state index is 11.9. The van der Waals surface area contributed by atoms with Crippen LogP contribution in [0.15, 0.2) is 18.2 Å². The van der Waals surface area contributed by atoms with Crippen molar-refractivity contribution >= 4 is 11.6 Å². The number of nitrogen functional groups attached to an aromatic ring is 1. The number of nitrogens with zero attached hydrogens (tertiary/aromatic N) is 1. The molecule has 5 nitrogen and oxygen atoms in total. The summed E-state index contributed by atoms with van der Waals surface area (Å²) in [6.45, 7) is 1.20. The van der Waals surface area contributed by atoms with Gasteiger partial charge in [-0.15, -0.1) is 0 Å². The van der Waals surface area contributed by atoms with Crippen molar-refractivity contribution in [3.8, 4) is 5.75 Å². The lowest BCUT2D eigenvalue weighted by atomic mass is 10.1. The van der Waals surface area contributed by atoms with E-state index in [1.807, 2.05) is 0 Å². The largest absolute Gasteiger partial charge is 0.497 e. The molecule has 1 saturated heterocycles. The zero-order chi connectivity index (χ0) is 11.5. The third-order valence-corrected chi connectivity index (χ3v) is 2.47. The van der Waals surface area contributed by atoms with Crippen LogP contribution in [0, 0.1) is 0 Å². The number of carbonyl (C=O) groups is 1. The molecule has 0 unspecified atom stereocenters. The summed E-state index contributed by atoms with van der Waals surface area (Å²) in [6.07, 6.45) is 0.863. The van der Waals surface area contributed by atoms with E-state index in [4.69, 9.17) is 15.3 Å². The van der Waals surface area contributed by atoms with Crippen LogP contribution in [0.2, 0.25) is 0 Å². The van der Waals surface area contributed by atoms with E-state index < -0.39 is 0 Å². The van der Waals surface area contributed by atoms with Crippen molar-refractivity contribution < 1.29 is 14.4 Å². The van der Waals surface area contributed by atoms with E-state index >= 15 is 0 Å². The number of hydroxylamine groups is 2. The van der Waals surface area contributed by atoms with Crippen molar-refractivity contribution in [2.75, 3.05) is 26.0 Å². The number of amides is 1. The van der Waals surface area contributed by atoms with Crippen LogP contribution in [-0.4, -0.2) is 31.2 Å². The average Bonchev–Trinajstić information content (AvgIpc) is 2.81. The molecule has 0 radical (unpaired) electrons. The Balaban J connectivity index is 2.22. The van der Waals surface area contributed by atoms with Gasteiger partial charge in [0.05, 0.1) is 25.8 Å². The van der Waals surface area contributed by atoms with Crippen molar-refractivity contribution in [2.24, 2.45) is 0 Å². The molecule has 5 heteroatoms. The van der Waals surface area contributed by atoms with Crippen LogP contribution in [0.3, 0.4) is 0 Å². The molecule has 0 spiro atoms. The van der Waals surface area contributed by atoms with Gasteiger partial charge in [0.25, 0.3) is 5.91 Å². The van der Waals surface area contributed by atoms with Crippen LogP contribution in [0.25, 0.3) is 0 Å². The number of carbonyl (C=O) groups excluding carboxylic acids is 1. The molecule has 0 atom stereocenters. The molecule has 16 heavy (non-hydrogen) atoms. The lowest BCUT2D eigenvalue weighted by Gasteiger charge is -2.15. The summed E-state index contributed by atoms with van der Waals surface area (Å²) in [7, 11) is 1.56. The Morgan fingerprint density at radius 3 is 2.94 bits per heavy atom. The Hall–Kier alpha value is -1.75. The number of methoxy groups -OCH3 is 1. The fourth-order valence-corrected chi connectivity index (χ4v) is 1.60. The number of hydrogen-bond acceptors (Lipinski definition) is 4. The average molecular weight is 222 g/mol. The highest BCUT2D eigenvalue weighted by molar-refractivity contribution is 5.98. The quantitative estimate of drug-likeness (QED) is 0.760. The Morgan fingerprint density at radius 2 is 2.38 bits per heavy atom. The lowest BCUT2D eigenvalue weighted by Crippen LogP contribution is -2.27. The highest BCUT2D eigenvalue weighted by atomic mass is 16.7. The van der Waals surface area contributed by atoms with Gasteiger partial charge in [0.1, 0.15) is 5.75 Å². The summed E-state index contributed by atoms with van der Waals surface area (Å²) in [6, 6.07) is 4.99. The van der Waals surface area contributed by atoms with Gasteiger partial charge >= 0.3 is 0 Å². The minimum absolute atomic E-state index is 0.197. The van der Waals surface area contributed by atoms with Crippen LogP contribution < -0.4 is 10.5 Å². The monoisotopic (exact) mass is 222 g/mol. The van der Waals surface area contributed by atoms with E-state index in [0.717, 1.165) is 6.42 Å². The summed E-state index contributed by atoms with van der Waals surface area (Å²) >= 11 is 0. The number of rotatable bonds is 2. The predicted octanol–water partition coefficient (Wildman–Crippen LogP) is 1.05. The number of nitrogens with two attached hydrogens (primary N) is 1. The molecule has 1 aromatic carbocycles. The van der Waals surface area contributed by atoms with Gasteiger partial charge in [0.2, 0.25) is 0 Å². The molecule has 0 bridgehead atoms. The minimum Gasteiger partial charge on any atom is -0.497 e. The van der Waals surface area contributed by atoms with Gasteiger partial charge in [-0.1, -0.05) is 0 Å². The second kappa shape index (κ2) is 4.40. The second-order valence-electron chi connectivity index (χ2n) is 3.55. The first-order valence-corrected chi connectivity index (χ1v) is 5.10. The smallest absolute Gasteiger partial charge is 0.279 e. The molecule has 2 rings (SSSR count). The van der Waals surface area contributed by atoms with Gasteiger partial charge in [0.15, 0.2) is 0 Å². The fraction of sp³-hybridized carbons (Fsp3) is 0.364. The molecule has 1 fully saturated rings. The standard InChI is InChI=1S/C11H14N2O3/c1-15-8-3-4-9(10(12)7-8)11(14)13-5-2-6-16-13/h3-4,7H,2,5-6,12H2,1H3. The lowest BCUT2D eigenvalue weighted by molar-refractivity contribution is -0.0767. The van der Waals surface area contributed by atoms with Crippen molar-refractivity contribution in [2.45, 2.75) is 6.42 Å². The number of ether oxygens (including phenoxy) is 1. The Morgan fingerprint density at radius 1 is 1.56 bits per heavy atom. The van der Waals surface area contributed by atoms with Crippen LogP contribution in [0.1, 0.15) is 16.8 Å². The molecule has 86 valence electrons. The van der Waals surface area contributed by atoms with E-state index in [1.165, 1.54) is 5.06 Å². The summed E-state index contributed by atoms with van der Waals surface area (Å²) in [4.78, 5) is 17.1. The third kappa shape index (κ3) is 1.94. The maximum Gasteiger partial charge on any atom is 0.279 e. The van der Waals surface area contributed by atoms with Crippen molar-refractivity contribution in [1.29, 1.82) is 0 Å². The molecular weight excluding hydrogens is 208 g/mol. The fourth-order valence-electron chi connectivity index (χ4n) is 1.60. The highest BCUT2D eigenvalue weighted by Gasteiger charge is 2.22. The molecule has 1 aliphatic rings. The molecule has 0 saturated carbocycles.